The third-order valence-electron chi connectivity index (χ3n) is 1.56. The molecule has 2 nitrogen and oxygen atoms in total. The van der Waals surface area contributed by atoms with Gasteiger partial charge in [-0.1, -0.05) is 34.1 Å². The number of benzene rings is 1. The minimum Gasteiger partial charge on any atom is -0.492 e. The second-order valence-corrected chi connectivity index (χ2v) is 3.39. The van der Waals surface area contributed by atoms with Crippen LogP contribution in [-0.4, -0.2) is 25.0 Å². The van der Waals surface area contributed by atoms with Crippen molar-refractivity contribution >= 4 is 15.9 Å². The molecule has 0 spiro atoms. The SMILES string of the molecule is BrCCNCCOc1ccccc1. The molecule has 13 heavy (non-hydrogen) atoms. The van der Waals surface area contributed by atoms with E-state index in [9.17, 15) is 0 Å². The molecule has 0 saturated heterocycles. The predicted octanol–water partition coefficient (Wildman–Crippen LogP) is 2.05. The lowest BCUT2D eigenvalue weighted by atomic mass is 10.3. The number of rotatable bonds is 6. The molecule has 0 saturated carbocycles. The quantitative estimate of drug-likeness (QED) is 0.610. The van der Waals surface area contributed by atoms with E-state index in [1.807, 2.05) is 30.3 Å². The Hall–Kier alpha value is -0.540. The normalized spacial score (nSPS) is 9.92. The molecule has 0 aliphatic heterocycles. The molecule has 1 aromatic carbocycles. The lowest BCUT2D eigenvalue weighted by Gasteiger charge is -2.05. The monoisotopic (exact) mass is 243 g/mol. The Morgan fingerprint density at radius 3 is 2.62 bits per heavy atom. The van der Waals surface area contributed by atoms with Crippen molar-refractivity contribution in [3.8, 4) is 5.75 Å². The summed E-state index contributed by atoms with van der Waals surface area (Å²) in [4.78, 5) is 0. The zero-order chi connectivity index (χ0) is 9.36. The molecule has 0 amide bonds. The van der Waals surface area contributed by atoms with Crippen LogP contribution in [0.4, 0.5) is 0 Å². The summed E-state index contributed by atoms with van der Waals surface area (Å²) in [5.74, 6) is 0.933. The molecule has 1 rings (SSSR count). The Morgan fingerprint density at radius 1 is 1.15 bits per heavy atom. The summed E-state index contributed by atoms with van der Waals surface area (Å²) < 4.78 is 5.47. The third-order valence-corrected chi connectivity index (χ3v) is 1.96. The van der Waals surface area contributed by atoms with Crippen LogP contribution in [0.15, 0.2) is 30.3 Å². The van der Waals surface area contributed by atoms with Crippen molar-refractivity contribution in [3.05, 3.63) is 30.3 Å². The first-order chi connectivity index (χ1) is 6.43. The van der Waals surface area contributed by atoms with E-state index in [0.717, 1.165) is 30.8 Å². The van der Waals surface area contributed by atoms with Crippen molar-refractivity contribution < 1.29 is 4.74 Å². The maximum Gasteiger partial charge on any atom is 0.119 e. The highest BCUT2D eigenvalue weighted by Crippen LogP contribution is 2.07. The Balaban J connectivity index is 2.07. The van der Waals surface area contributed by atoms with Crippen molar-refractivity contribution in [2.75, 3.05) is 25.0 Å². The zero-order valence-electron chi connectivity index (χ0n) is 7.50. The van der Waals surface area contributed by atoms with Gasteiger partial charge in [0, 0.05) is 18.4 Å². The minimum atomic E-state index is 0.719. The molecular weight excluding hydrogens is 230 g/mol. The number of hydrogen-bond donors (Lipinski definition) is 1. The van der Waals surface area contributed by atoms with Gasteiger partial charge in [-0.2, -0.15) is 0 Å². The second-order valence-electron chi connectivity index (χ2n) is 2.60. The van der Waals surface area contributed by atoms with Crippen LogP contribution in [0.25, 0.3) is 0 Å². The van der Waals surface area contributed by atoms with Crippen molar-refractivity contribution in [1.82, 2.24) is 5.32 Å². The predicted molar refractivity (Wildman–Crippen MR) is 58.6 cm³/mol. The van der Waals surface area contributed by atoms with Gasteiger partial charge in [-0.05, 0) is 12.1 Å². The molecule has 0 bridgehead atoms. The molecule has 1 N–H and O–H groups in total. The highest BCUT2D eigenvalue weighted by atomic mass is 79.9. The van der Waals surface area contributed by atoms with Gasteiger partial charge in [-0.15, -0.1) is 0 Å². The van der Waals surface area contributed by atoms with Gasteiger partial charge in [0.2, 0.25) is 0 Å². The van der Waals surface area contributed by atoms with Crippen LogP contribution in [0.1, 0.15) is 0 Å². The number of alkyl halides is 1. The average Bonchev–Trinajstić information content (AvgIpc) is 2.19. The number of para-hydroxylation sites is 1. The molecule has 0 aromatic heterocycles. The maximum absolute atomic E-state index is 5.47. The smallest absolute Gasteiger partial charge is 0.119 e. The molecule has 72 valence electrons. The van der Waals surface area contributed by atoms with Crippen LogP contribution in [-0.2, 0) is 0 Å². The Morgan fingerprint density at radius 2 is 1.92 bits per heavy atom. The van der Waals surface area contributed by atoms with Crippen molar-refractivity contribution in [2.45, 2.75) is 0 Å². The van der Waals surface area contributed by atoms with Gasteiger partial charge in [0.1, 0.15) is 12.4 Å². The maximum atomic E-state index is 5.47. The van der Waals surface area contributed by atoms with E-state index >= 15 is 0 Å². The summed E-state index contributed by atoms with van der Waals surface area (Å²) in [6, 6.07) is 9.85. The van der Waals surface area contributed by atoms with Gasteiger partial charge in [0.25, 0.3) is 0 Å². The molecule has 0 aliphatic carbocycles. The molecule has 0 aliphatic rings. The standard InChI is InChI=1S/C10H14BrNO/c11-6-7-12-8-9-13-10-4-2-1-3-5-10/h1-5,12H,6-9H2. The van der Waals surface area contributed by atoms with E-state index in [1.165, 1.54) is 0 Å². The van der Waals surface area contributed by atoms with E-state index in [2.05, 4.69) is 21.2 Å². The summed E-state index contributed by atoms with van der Waals surface area (Å²) in [6.45, 7) is 2.59. The summed E-state index contributed by atoms with van der Waals surface area (Å²) >= 11 is 3.34. The largest absolute Gasteiger partial charge is 0.492 e. The highest BCUT2D eigenvalue weighted by molar-refractivity contribution is 9.09. The van der Waals surface area contributed by atoms with E-state index in [1.54, 1.807) is 0 Å². The molecule has 3 heteroatoms. The first-order valence-electron chi connectivity index (χ1n) is 4.38. The number of hydrogen-bond acceptors (Lipinski definition) is 2. The fraction of sp³-hybridized carbons (Fsp3) is 0.400. The Bertz CT molecular complexity index is 215. The van der Waals surface area contributed by atoms with E-state index in [-0.39, 0.29) is 0 Å². The number of ether oxygens (including phenoxy) is 1. The number of halogens is 1. The third kappa shape index (κ3) is 4.90. The lowest BCUT2D eigenvalue weighted by molar-refractivity contribution is 0.315. The van der Waals surface area contributed by atoms with E-state index in [4.69, 9.17) is 4.74 Å². The van der Waals surface area contributed by atoms with Crippen molar-refractivity contribution in [1.29, 1.82) is 0 Å². The van der Waals surface area contributed by atoms with Crippen LogP contribution in [0.2, 0.25) is 0 Å². The fourth-order valence-electron chi connectivity index (χ4n) is 0.950. The van der Waals surface area contributed by atoms with Crippen LogP contribution in [0, 0.1) is 0 Å². The van der Waals surface area contributed by atoms with E-state index < -0.39 is 0 Å². The van der Waals surface area contributed by atoms with Gasteiger partial charge < -0.3 is 10.1 Å². The first kappa shape index (κ1) is 10.5. The van der Waals surface area contributed by atoms with Gasteiger partial charge in [0.05, 0.1) is 0 Å². The lowest BCUT2D eigenvalue weighted by Crippen LogP contribution is -2.22. The molecule has 0 unspecified atom stereocenters. The number of nitrogens with one attached hydrogen (secondary N) is 1. The Labute approximate surface area is 87.4 Å². The highest BCUT2D eigenvalue weighted by Gasteiger charge is 1.90. The van der Waals surface area contributed by atoms with E-state index in [0.29, 0.717) is 0 Å². The second kappa shape index (κ2) is 6.92. The van der Waals surface area contributed by atoms with Crippen LogP contribution < -0.4 is 10.1 Å². The molecular formula is C10H14BrNO. The van der Waals surface area contributed by atoms with Gasteiger partial charge >= 0.3 is 0 Å². The minimum absolute atomic E-state index is 0.719. The Kier molecular flexibility index (Phi) is 5.61. The molecule has 1 aromatic rings. The molecule has 0 heterocycles. The van der Waals surface area contributed by atoms with Gasteiger partial charge in [0.15, 0.2) is 0 Å². The van der Waals surface area contributed by atoms with Gasteiger partial charge in [-0.25, -0.2) is 0 Å². The first-order valence-corrected chi connectivity index (χ1v) is 5.50. The summed E-state index contributed by atoms with van der Waals surface area (Å²) in [6.07, 6.45) is 0. The van der Waals surface area contributed by atoms with Crippen molar-refractivity contribution in [3.63, 3.8) is 0 Å². The van der Waals surface area contributed by atoms with Crippen LogP contribution >= 0.6 is 15.9 Å². The zero-order valence-corrected chi connectivity index (χ0v) is 9.09. The molecule has 0 atom stereocenters. The van der Waals surface area contributed by atoms with Gasteiger partial charge in [-0.3, -0.25) is 0 Å². The summed E-state index contributed by atoms with van der Waals surface area (Å²) in [5.41, 5.74) is 0. The van der Waals surface area contributed by atoms with Crippen LogP contribution in [0.3, 0.4) is 0 Å². The van der Waals surface area contributed by atoms with Crippen LogP contribution in [0.5, 0.6) is 5.75 Å². The topological polar surface area (TPSA) is 21.3 Å². The molecule has 0 radical (unpaired) electrons. The summed E-state index contributed by atoms with van der Waals surface area (Å²) in [7, 11) is 0. The molecule has 0 fully saturated rings. The van der Waals surface area contributed by atoms with Crippen molar-refractivity contribution in [2.24, 2.45) is 0 Å². The summed E-state index contributed by atoms with van der Waals surface area (Å²) in [5, 5.41) is 4.22. The average molecular weight is 244 g/mol. The fourth-order valence-corrected chi connectivity index (χ4v) is 1.23.